The van der Waals surface area contributed by atoms with Crippen molar-refractivity contribution in [1.29, 1.82) is 0 Å². The molecule has 0 spiro atoms. The molecule has 3 rings (SSSR count). The molecule has 1 fully saturated rings. The van der Waals surface area contributed by atoms with Crippen LogP contribution < -0.4 is 5.73 Å². The number of rotatable bonds is 4. The van der Waals surface area contributed by atoms with Gasteiger partial charge in [0.25, 0.3) is 5.91 Å². The van der Waals surface area contributed by atoms with Crippen molar-refractivity contribution in [3.63, 3.8) is 0 Å². The van der Waals surface area contributed by atoms with E-state index in [1.807, 2.05) is 12.1 Å². The van der Waals surface area contributed by atoms with Gasteiger partial charge in [-0.05, 0) is 18.6 Å². The number of nitrogens with two attached hydrogens (primary N) is 1. The molecule has 0 aromatic carbocycles. The van der Waals surface area contributed by atoms with Gasteiger partial charge in [-0.25, -0.2) is 4.98 Å². The van der Waals surface area contributed by atoms with Gasteiger partial charge in [0, 0.05) is 19.0 Å². The first-order valence-electron chi connectivity index (χ1n) is 7.76. The molecule has 0 radical (unpaired) electrons. The fraction of sp³-hybridized carbons (Fsp3) is 0.438. The lowest BCUT2D eigenvalue weighted by molar-refractivity contribution is -0.0249. The van der Waals surface area contributed by atoms with Crippen LogP contribution >= 0.6 is 0 Å². The summed E-state index contributed by atoms with van der Waals surface area (Å²) < 4.78 is 10.9. The largest absolute Gasteiger partial charge is 0.384 e. The zero-order valence-electron chi connectivity index (χ0n) is 13.1. The summed E-state index contributed by atoms with van der Waals surface area (Å²) in [5.41, 5.74) is 6.79. The van der Waals surface area contributed by atoms with Gasteiger partial charge in [0.2, 0.25) is 0 Å². The summed E-state index contributed by atoms with van der Waals surface area (Å²) in [6, 6.07) is 7.12. The Hall–Kier alpha value is -2.41. The van der Waals surface area contributed by atoms with Gasteiger partial charge < -0.3 is 19.9 Å². The first kappa shape index (κ1) is 15.5. The predicted octanol–water partition coefficient (Wildman–Crippen LogP) is 1.82. The molecule has 2 aromatic rings. The van der Waals surface area contributed by atoms with Crippen molar-refractivity contribution >= 4 is 11.7 Å². The molecule has 2 N–H and O–H groups in total. The van der Waals surface area contributed by atoms with E-state index in [2.05, 4.69) is 17.1 Å². The number of anilines is 1. The van der Waals surface area contributed by atoms with Crippen molar-refractivity contribution in [3.8, 4) is 0 Å². The number of ether oxygens (including phenoxy) is 1. The zero-order valence-corrected chi connectivity index (χ0v) is 13.1. The molecule has 1 atom stereocenters. The Labute approximate surface area is 134 Å². The second-order valence-corrected chi connectivity index (χ2v) is 5.53. The third kappa shape index (κ3) is 3.50. The molecule has 0 saturated carbocycles. The molecule has 2 aromatic heterocycles. The van der Waals surface area contributed by atoms with Crippen LogP contribution in [0.2, 0.25) is 0 Å². The lowest BCUT2D eigenvalue weighted by Crippen LogP contribution is -2.42. The zero-order chi connectivity index (χ0) is 16.2. The fourth-order valence-corrected chi connectivity index (χ4v) is 2.60. The van der Waals surface area contributed by atoms with Crippen LogP contribution in [0.4, 0.5) is 5.82 Å². The van der Waals surface area contributed by atoms with Crippen LogP contribution in [-0.2, 0) is 11.2 Å². The summed E-state index contributed by atoms with van der Waals surface area (Å²) in [5.74, 6) is 1.03. The second-order valence-electron chi connectivity index (χ2n) is 5.53. The maximum absolute atomic E-state index is 12.6. The number of carbonyl (C=O) groups excluding carboxylic acids is 1. The van der Waals surface area contributed by atoms with Gasteiger partial charge in [-0.15, -0.1) is 0 Å². The number of hydrogen-bond donors (Lipinski definition) is 1. The Morgan fingerprint density at radius 1 is 1.48 bits per heavy atom. The van der Waals surface area contributed by atoms with Crippen molar-refractivity contribution in [3.05, 3.63) is 41.4 Å². The van der Waals surface area contributed by atoms with E-state index >= 15 is 0 Å². The maximum Gasteiger partial charge on any atom is 0.276 e. The van der Waals surface area contributed by atoms with E-state index in [4.69, 9.17) is 15.0 Å². The van der Waals surface area contributed by atoms with Crippen molar-refractivity contribution in [2.75, 3.05) is 25.4 Å². The van der Waals surface area contributed by atoms with Crippen LogP contribution in [0.3, 0.4) is 0 Å². The van der Waals surface area contributed by atoms with Crippen LogP contribution in [0.25, 0.3) is 0 Å². The molecule has 1 saturated heterocycles. The molecular formula is C16H20N4O3. The van der Waals surface area contributed by atoms with Gasteiger partial charge in [0.05, 0.1) is 18.8 Å². The first-order chi connectivity index (χ1) is 11.2. The van der Waals surface area contributed by atoms with Crippen LogP contribution in [0.15, 0.2) is 28.8 Å². The highest BCUT2D eigenvalue weighted by Crippen LogP contribution is 2.22. The summed E-state index contributed by atoms with van der Waals surface area (Å²) in [5, 5.41) is 3.88. The number of hydrogen-bond acceptors (Lipinski definition) is 6. The molecule has 0 aliphatic carbocycles. The third-order valence-electron chi connectivity index (χ3n) is 3.75. The Kier molecular flexibility index (Phi) is 4.57. The molecule has 7 heteroatoms. The first-order valence-corrected chi connectivity index (χ1v) is 7.76. The van der Waals surface area contributed by atoms with Crippen LogP contribution in [0.1, 0.15) is 41.4 Å². The number of nitrogen functional groups attached to an aromatic ring is 1. The predicted molar refractivity (Wildman–Crippen MR) is 83.7 cm³/mol. The van der Waals surface area contributed by atoms with Crippen LogP contribution in [0, 0.1) is 0 Å². The van der Waals surface area contributed by atoms with E-state index < -0.39 is 0 Å². The second kappa shape index (κ2) is 6.78. The Morgan fingerprint density at radius 2 is 2.35 bits per heavy atom. The van der Waals surface area contributed by atoms with Crippen LogP contribution in [0.5, 0.6) is 0 Å². The molecule has 23 heavy (non-hydrogen) atoms. The molecule has 3 heterocycles. The summed E-state index contributed by atoms with van der Waals surface area (Å²) in [6.07, 6.45) is 1.45. The average molecular weight is 316 g/mol. The van der Waals surface area contributed by atoms with Gasteiger partial charge in [0.1, 0.15) is 17.7 Å². The van der Waals surface area contributed by atoms with E-state index in [0.717, 1.165) is 24.3 Å². The molecule has 1 aliphatic heterocycles. The third-order valence-corrected chi connectivity index (χ3v) is 3.75. The topological polar surface area (TPSA) is 94.5 Å². The highest BCUT2D eigenvalue weighted by molar-refractivity contribution is 5.92. The minimum atomic E-state index is -0.279. The summed E-state index contributed by atoms with van der Waals surface area (Å²) >= 11 is 0. The molecule has 1 unspecified atom stereocenters. The van der Waals surface area contributed by atoms with Crippen molar-refractivity contribution in [1.82, 2.24) is 15.0 Å². The van der Waals surface area contributed by atoms with E-state index in [1.54, 1.807) is 17.0 Å². The summed E-state index contributed by atoms with van der Waals surface area (Å²) in [7, 11) is 0. The summed E-state index contributed by atoms with van der Waals surface area (Å²) in [4.78, 5) is 18.6. The molecule has 122 valence electrons. The quantitative estimate of drug-likeness (QED) is 0.924. The molecule has 7 nitrogen and oxygen atoms in total. The Bertz CT molecular complexity index is 685. The SMILES string of the molecule is CCCc1cc(C(=O)N2CCOC(c3cccc(N)n3)C2)no1. The average Bonchev–Trinajstić information content (AvgIpc) is 3.03. The normalized spacial score (nSPS) is 18.1. The van der Waals surface area contributed by atoms with E-state index in [1.165, 1.54) is 0 Å². The number of nitrogens with zero attached hydrogens (tertiary/aromatic N) is 3. The minimum Gasteiger partial charge on any atom is -0.384 e. The number of aryl methyl sites for hydroxylation is 1. The number of morpholine rings is 1. The van der Waals surface area contributed by atoms with E-state index in [9.17, 15) is 4.79 Å². The lowest BCUT2D eigenvalue weighted by atomic mass is 10.1. The number of pyridine rings is 1. The molecule has 1 aliphatic rings. The van der Waals surface area contributed by atoms with Gasteiger partial charge >= 0.3 is 0 Å². The maximum atomic E-state index is 12.6. The molecule has 0 bridgehead atoms. The number of carbonyl (C=O) groups is 1. The van der Waals surface area contributed by atoms with Crippen molar-refractivity contribution in [2.24, 2.45) is 0 Å². The number of amides is 1. The van der Waals surface area contributed by atoms with Gasteiger partial charge in [-0.2, -0.15) is 0 Å². The number of aromatic nitrogens is 2. The van der Waals surface area contributed by atoms with Gasteiger partial charge in [-0.3, -0.25) is 4.79 Å². The highest BCUT2D eigenvalue weighted by atomic mass is 16.5. The van der Waals surface area contributed by atoms with E-state index in [-0.39, 0.29) is 12.0 Å². The van der Waals surface area contributed by atoms with Crippen molar-refractivity contribution in [2.45, 2.75) is 25.9 Å². The Morgan fingerprint density at radius 3 is 3.13 bits per heavy atom. The smallest absolute Gasteiger partial charge is 0.276 e. The van der Waals surface area contributed by atoms with Crippen LogP contribution in [-0.4, -0.2) is 40.6 Å². The standard InChI is InChI=1S/C16H20N4O3/c1-2-4-11-9-13(19-23-11)16(21)20-7-8-22-14(10-20)12-5-3-6-15(17)18-12/h3,5-6,9,14H,2,4,7-8,10H2,1H3,(H2,17,18). The minimum absolute atomic E-state index is 0.145. The molecular weight excluding hydrogens is 296 g/mol. The lowest BCUT2D eigenvalue weighted by Gasteiger charge is -2.32. The van der Waals surface area contributed by atoms with Gasteiger partial charge in [-0.1, -0.05) is 18.1 Å². The van der Waals surface area contributed by atoms with Crippen molar-refractivity contribution < 1.29 is 14.1 Å². The molecule has 1 amide bonds. The van der Waals surface area contributed by atoms with Gasteiger partial charge in [0.15, 0.2) is 5.69 Å². The fourth-order valence-electron chi connectivity index (χ4n) is 2.60. The monoisotopic (exact) mass is 316 g/mol. The van der Waals surface area contributed by atoms with E-state index in [0.29, 0.717) is 31.2 Å². The summed E-state index contributed by atoms with van der Waals surface area (Å²) in [6.45, 7) is 3.45. The Balaban J connectivity index is 1.71. The highest BCUT2D eigenvalue weighted by Gasteiger charge is 2.28.